The molecule has 3 aromatic rings. The second kappa shape index (κ2) is 8.40. The van der Waals surface area contributed by atoms with E-state index in [2.05, 4.69) is 49.8 Å². The van der Waals surface area contributed by atoms with Crippen molar-refractivity contribution >= 4 is 34.2 Å². The van der Waals surface area contributed by atoms with Gasteiger partial charge in [-0.15, -0.1) is 0 Å². The summed E-state index contributed by atoms with van der Waals surface area (Å²) < 4.78 is 4.44. The van der Waals surface area contributed by atoms with Crippen molar-refractivity contribution < 1.29 is 4.79 Å². The van der Waals surface area contributed by atoms with Gasteiger partial charge in [0.1, 0.15) is 9.11 Å². The Morgan fingerprint density at radius 2 is 1.53 bits per heavy atom. The number of para-hydroxylation sites is 2. The van der Waals surface area contributed by atoms with Crippen LogP contribution >= 0.6 is 22.6 Å². The number of amides is 1. The summed E-state index contributed by atoms with van der Waals surface area (Å²) in [6.45, 7) is 2.84. The Balaban J connectivity index is 1.36. The number of nitrogens with zero attached hydrogens (tertiary/aromatic N) is 4. The van der Waals surface area contributed by atoms with Crippen molar-refractivity contribution in [2.24, 2.45) is 7.05 Å². The number of carbonyl (C=O) groups excluding carboxylic acids is 1. The summed E-state index contributed by atoms with van der Waals surface area (Å²) in [7, 11) is 1.94. The molecular weight excluding hydrogens is 517 g/mol. The van der Waals surface area contributed by atoms with E-state index in [0.29, 0.717) is 13.2 Å². The highest BCUT2D eigenvalue weighted by atomic mass is 127. The second-order valence-corrected chi connectivity index (χ2v) is 9.55. The predicted molar refractivity (Wildman–Crippen MR) is 133 cm³/mol. The molecule has 3 heterocycles. The zero-order valence-electron chi connectivity index (χ0n) is 18.0. The van der Waals surface area contributed by atoms with Gasteiger partial charge in [-0.05, 0) is 59.7 Å². The average molecular weight is 543 g/mol. The van der Waals surface area contributed by atoms with Crippen LogP contribution in [0.25, 0.3) is 5.69 Å². The average Bonchev–Trinajstić information content (AvgIpc) is 3.25. The van der Waals surface area contributed by atoms with Crippen LogP contribution in [0.2, 0.25) is 0 Å². The summed E-state index contributed by atoms with van der Waals surface area (Å²) >= 11 is 2.17. The number of carbonyl (C=O) groups is 1. The molecule has 7 nitrogen and oxygen atoms in total. The molecule has 2 aromatic carbocycles. The summed E-state index contributed by atoms with van der Waals surface area (Å²) in [5.74, 6) is 0.123. The lowest BCUT2D eigenvalue weighted by Gasteiger charge is -2.43. The van der Waals surface area contributed by atoms with Crippen LogP contribution in [0.5, 0.6) is 0 Å². The quantitative estimate of drug-likeness (QED) is 0.515. The number of hydrogen-bond acceptors (Lipinski definition) is 4. The molecule has 1 aromatic heterocycles. The molecule has 1 N–H and O–H groups in total. The van der Waals surface area contributed by atoms with Crippen LogP contribution in [-0.2, 0) is 18.4 Å². The molecule has 166 valence electrons. The van der Waals surface area contributed by atoms with Gasteiger partial charge >= 0.3 is 0 Å². The van der Waals surface area contributed by atoms with Crippen LogP contribution in [0.15, 0.2) is 65.5 Å². The number of halogens is 1. The summed E-state index contributed by atoms with van der Waals surface area (Å²) in [4.78, 5) is 30.4. The molecule has 5 rings (SSSR count). The van der Waals surface area contributed by atoms with Crippen molar-refractivity contribution in [3.63, 3.8) is 0 Å². The maximum absolute atomic E-state index is 13.0. The Bertz CT molecular complexity index is 1180. The van der Waals surface area contributed by atoms with E-state index in [-0.39, 0.29) is 11.5 Å². The van der Waals surface area contributed by atoms with Gasteiger partial charge in [0, 0.05) is 32.4 Å². The van der Waals surface area contributed by atoms with Gasteiger partial charge in [-0.3, -0.25) is 19.2 Å². The van der Waals surface area contributed by atoms with Crippen molar-refractivity contribution in [1.82, 2.24) is 19.6 Å². The SMILES string of the molecule is Cn1c(CN2CCC3(CC2)C(=O)NCN3c2ccccc2)c(I)c(=O)n1-c1ccccc1. The van der Waals surface area contributed by atoms with E-state index < -0.39 is 5.54 Å². The molecule has 1 spiro atoms. The number of likely N-dealkylation sites (tertiary alicyclic amines) is 1. The van der Waals surface area contributed by atoms with E-state index in [1.165, 1.54) is 0 Å². The van der Waals surface area contributed by atoms with Crippen molar-refractivity contribution in [3.8, 4) is 5.69 Å². The molecular formula is C24H26IN5O2. The summed E-state index contributed by atoms with van der Waals surface area (Å²) in [5, 5.41) is 3.06. The zero-order valence-corrected chi connectivity index (χ0v) is 20.2. The van der Waals surface area contributed by atoms with Crippen molar-refractivity contribution in [2.45, 2.75) is 24.9 Å². The zero-order chi connectivity index (χ0) is 22.3. The Hall–Kier alpha value is -2.59. The van der Waals surface area contributed by atoms with E-state index >= 15 is 0 Å². The Morgan fingerprint density at radius 3 is 2.16 bits per heavy atom. The van der Waals surface area contributed by atoms with Crippen molar-refractivity contribution in [2.75, 3.05) is 24.7 Å². The highest BCUT2D eigenvalue weighted by Gasteiger charge is 2.50. The monoisotopic (exact) mass is 543 g/mol. The van der Waals surface area contributed by atoms with Crippen molar-refractivity contribution in [3.05, 3.63) is 80.3 Å². The molecule has 0 unspecified atom stereocenters. The standard InChI is InChI=1S/C24H26IN5O2/c1-27-20(21(25)22(31)30(27)19-10-6-3-7-11-19)16-28-14-12-24(13-15-28)23(32)26-17-29(24)18-8-4-2-5-9-18/h2-11H,12-17H2,1H3,(H,26,32). The molecule has 0 radical (unpaired) electrons. The lowest BCUT2D eigenvalue weighted by Crippen LogP contribution is -2.56. The van der Waals surface area contributed by atoms with Crippen LogP contribution in [0, 0.1) is 3.57 Å². The predicted octanol–water partition coefficient (Wildman–Crippen LogP) is 2.71. The van der Waals surface area contributed by atoms with Gasteiger partial charge in [0.15, 0.2) is 0 Å². The first kappa shape index (κ1) is 21.3. The van der Waals surface area contributed by atoms with Gasteiger partial charge in [-0.25, -0.2) is 4.68 Å². The minimum Gasteiger partial charge on any atom is -0.339 e. The van der Waals surface area contributed by atoms with E-state index in [1.54, 1.807) is 4.68 Å². The smallest absolute Gasteiger partial charge is 0.285 e. The Kier molecular flexibility index (Phi) is 5.58. The van der Waals surface area contributed by atoms with Gasteiger partial charge in [0.2, 0.25) is 5.91 Å². The third-order valence-electron chi connectivity index (χ3n) is 6.79. The fourth-order valence-corrected chi connectivity index (χ4v) is 5.72. The van der Waals surface area contributed by atoms with E-state index in [4.69, 9.17) is 0 Å². The molecule has 0 aliphatic carbocycles. The van der Waals surface area contributed by atoms with Gasteiger partial charge in [0.25, 0.3) is 5.56 Å². The maximum Gasteiger partial charge on any atom is 0.285 e. The molecule has 2 aliphatic rings. The van der Waals surface area contributed by atoms with Gasteiger partial charge in [0.05, 0.1) is 18.1 Å². The summed E-state index contributed by atoms with van der Waals surface area (Å²) in [5.41, 5.74) is 2.46. The molecule has 2 saturated heterocycles. The number of anilines is 1. The molecule has 0 bridgehead atoms. The first-order chi connectivity index (χ1) is 15.5. The van der Waals surface area contributed by atoms with Gasteiger partial charge in [-0.1, -0.05) is 36.4 Å². The van der Waals surface area contributed by atoms with Crippen LogP contribution in [-0.4, -0.2) is 45.5 Å². The third kappa shape index (κ3) is 3.45. The van der Waals surface area contributed by atoms with Gasteiger partial charge in [-0.2, -0.15) is 0 Å². The minimum atomic E-state index is -0.493. The first-order valence-electron chi connectivity index (χ1n) is 10.9. The summed E-state index contributed by atoms with van der Waals surface area (Å²) in [6, 6.07) is 19.9. The highest BCUT2D eigenvalue weighted by Crippen LogP contribution is 2.36. The molecule has 2 aliphatic heterocycles. The fourth-order valence-electron chi connectivity index (χ4n) is 4.97. The molecule has 32 heavy (non-hydrogen) atoms. The third-order valence-corrected chi connectivity index (χ3v) is 7.87. The largest absolute Gasteiger partial charge is 0.339 e. The number of hydrogen-bond donors (Lipinski definition) is 1. The number of benzene rings is 2. The second-order valence-electron chi connectivity index (χ2n) is 8.47. The molecule has 0 atom stereocenters. The molecule has 1 amide bonds. The lowest BCUT2D eigenvalue weighted by atomic mass is 9.85. The molecule has 2 fully saturated rings. The van der Waals surface area contributed by atoms with Gasteiger partial charge < -0.3 is 10.2 Å². The normalized spacial score (nSPS) is 18.3. The van der Waals surface area contributed by atoms with E-state index in [1.807, 2.05) is 60.3 Å². The number of nitrogens with one attached hydrogen (secondary N) is 1. The number of rotatable bonds is 4. The maximum atomic E-state index is 13.0. The fraction of sp³-hybridized carbons (Fsp3) is 0.333. The molecule has 0 saturated carbocycles. The number of aromatic nitrogens is 2. The lowest BCUT2D eigenvalue weighted by molar-refractivity contribution is -0.125. The van der Waals surface area contributed by atoms with Crippen LogP contribution in [0.1, 0.15) is 18.5 Å². The topological polar surface area (TPSA) is 62.5 Å². The Morgan fingerprint density at radius 1 is 0.938 bits per heavy atom. The van der Waals surface area contributed by atoms with Crippen molar-refractivity contribution in [1.29, 1.82) is 0 Å². The van der Waals surface area contributed by atoms with Crippen LogP contribution in [0.4, 0.5) is 5.69 Å². The minimum absolute atomic E-state index is 0.00760. The summed E-state index contributed by atoms with van der Waals surface area (Å²) in [6.07, 6.45) is 1.52. The van der Waals surface area contributed by atoms with Crippen LogP contribution < -0.4 is 15.8 Å². The van der Waals surface area contributed by atoms with E-state index in [9.17, 15) is 9.59 Å². The number of piperidine rings is 1. The Labute approximate surface area is 200 Å². The van der Waals surface area contributed by atoms with Crippen LogP contribution in [0.3, 0.4) is 0 Å². The highest BCUT2D eigenvalue weighted by molar-refractivity contribution is 14.1. The van der Waals surface area contributed by atoms with E-state index in [0.717, 1.165) is 46.6 Å². The first-order valence-corrected chi connectivity index (χ1v) is 11.9. The molecule has 8 heteroatoms.